The lowest BCUT2D eigenvalue weighted by atomic mass is 9.82. The first kappa shape index (κ1) is 17.6. The van der Waals surface area contributed by atoms with Gasteiger partial charge in [0.05, 0.1) is 24.6 Å². The minimum Gasteiger partial charge on any atom is -0.497 e. The summed E-state index contributed by atoms with van der Waals surface area (Å²) in [7, 11) is 1.61. The minimum atomic E-state index is -0.759. The van der Waals surface area contributed by atoms with Crippen molar-refractivity contribution in [3.8, 4) is 5.75 Å². The highest BCUT2D eigenvalue weighted by Crippen LogP contribution is 2.32. The first-order chi connectivity index (χ1) is 12.1. The molecule has 6 nitrogen and oxygen atoms in total. The number of aliphatic hydroxyl groups excluding tert-OH is 1. The first-order valence-electron chi connectivity index (χ1n) is 8.64. The van der Waals surface area contributed by atoms with Crippen LogP contribution in [0.5, 0.6) is 5.75 Å². The van der Waals surface area contributed by atoms with Gasteiger partial charge in [-0.3, -0.25) is 9.78 Å². The Bertz CT molecular complexity index is 749. The summed E-state index contributed by atoms with van der Waals surface area (Å²) in [6.07, 6.45) is 3.09. The molecule has 0 aliphatic carbocycles. The normalized spacial score (nSPS) is 21.8. The number of aliphatic hydroxyl groups is 1. The molecule has 1 aliphatic heterocycles. The van der Waals surface area contributed by atoms with Crippen LogP contribution in [0, 0.1) is 11.8 Å². The number of hydrogen-bond acceptors (Lipinski definition) is 5. The molecule has 2 heterocycles. The van der Waals surface area contributed by atoms with Crippen LogP contribution in [0.25, 0.3) is 10.9 Å². The second-order valence-corrected chi connectivity index (χ2v) is 6.57. The minimum absolute atomic E-state index is 0.0936. The molecule has 25 heavy (non-hydrogen) atoms. The van der Waals surface area contributed by atoms with Crippen molar-refractivity contribution in [2.75, 3.05) is 20.2 Å². The number of aromatic nitrogens is 1. The van der Waals surface area contributed by atoms with E-state index in [9.17, 15) is 15.0 Å². The van der Waals surface area contributed by atoms with Gasteiger partial charge in [0.2, 0.25) is 0 Å². The van der Waals surface area contributed by atoms with Crippen molar-refractivity contribution < 1.29 is 19.7 Å². The van der Waals surface area contributed by atoms with Gasteiger partial charge in [-0.15, -0.1) is 0 Å². The Balaban J connectivity index is 1.75. The van der Waals surface area contributed by atoms with Crippen LogP contribution in [-0.4, -0.2) is 41.4 Å². The molecule has 1 fully saturated rings. The Morgan fingerprint density at radius 1 is 1.44 bits per heavy atom. The number of carbonyl (C=O) groups is 1. The van der Waals surface area contributed by atoms with Gasteiger partial charge in [-0.1, -0.05) is 0 Å². The number of hydrogen-bond donors (Lipinski definition) is 3. The van der Waals surface area contributed by atoms with Crippen LogP contribution in [0.15, 0.2) is 30.5 Å². The highest BCUT2D eigenvalue weighted by Gasteiger charge is 2.31. The fraction of sp³-hybridized carbons (Fsp3) is 0.474. The number of ether oxygens (including phenoxy) is 1. The second kappa shape index (κ2) is 7.80. The van der Waals surface area contributed by atoms with Crippen molar-refractivity contribution in [1.82, 2.24) is 10.3 Å². The Labute approximate surface area is 146 Å². The molecule has 0 radical (unpaired) electrons. The Kier molecular flexibility index (Phi) is 5.50. The van der Waals surface area contributed by atoms with Crippen LogP contribution in [0.3, 0.4) is 0 Å². The molecule has 1 aliphatic rings. The van der Waals surface area contributed by atoms with Gasteiger partial charge in [0.15, 0.2) is 0 Å². The Morgan fingerprint density at radius 3 is 3.04 bits per heavy atom. The third-order valence-corrected chi connectivity index (χ3v) is 5.09. The van der Waals surface area contributed by atoms with Crippen LogP contribution in [-0.2, 0) is 4.79 Å². The summed E-state index contributed by atoms with van der Waals surface area (Å²) < 4.78 is 5.27. The van der Waals surface area contributed by atoms with Gasteiger partial charge in [-0.25, -0.2) is 0 Å². The van der Waals surface area contributed by atoms with Crippen LogP contribution in [0.4, 0.5) is 0 Å². The number of nitrogens with one attached hydrogen (secondary N) is 1. The highest BCUT2D eigenvalue weighted by molar-refractivity contribution is 5.83. The second-order valence-electron chi connectivity index (χ2n) is 6.57. The van der Waals surface area contributed by atoms with Crippen molar-refractivity contribution in [1.29, 1.82) is 0 Å². The van der Waals surface area contributed by atoms with Crippen molar-refractivity contribution in [2.24, 2.45) is 11.8 Å². The van der Waals surface area contributed by atoms with E-state index in [1.54, 1.807) is 13.3 Å². The van der Waals surface area contributed by atoms with E-state index in [1.165, 1.54) is 0 Å². The Morgan fingerprint density at radius 2 is 2.28 bits per heavy atom. The van der Waals surface area contributed by atoms with Crippen LogP contribution >= 0.6 is 0 Å². The van der Waals surface area contributed by atoms with E-state index in [4.69, 9.17) is 4.74 Å². The quantitative estimate of drug-likeness (QED) is 0.745. The van der Waals surface area contributed by atoms with Crippen molar-refractivity contribution in [3.63, 3.8) is 0 Å². The number of pyridine rings is 1. The predicted octanol–water partition coefficient (Wildman–Crippen LogP) is 2.37. The number of carboxylic acids is 1. The molecule has 0 bridgehead atoms. The molecule has 3 atom stereocenters. The lowest BCUT2D eigenvalue weighted by Crippen LogP contribution is -2.40. The maximum absolute atomic E-state index is 11.4. The van der Waals surface area contributed by atoms with Gasteiger partial charge >= 0.3 is 5.97 Å². The van der Waals surface area contributed by atoms with Gasteiger partial charge in [0.25, 0.3) is 0 Å². The number of aliphatic carboxylic acids is 1. The summed E-state index contributed by atoms with van der Waals surface area (Å²) in [5.41, 5.74) is 1.62. The summed E-state index contributed by atoms with van der Waals surface area (Å²) in [5.74, 6) is -0.324. The number of carboxylic acid groups (broad SMARTS) is 1. The molecule has 0 spiro atoms. The van der Waals surface area contributed by atoms with E-state index < -0.39 is 12.1 Å². The summed E-state index contributed by atoms with van der Waals surface area (Å²) in [4.78, 5) is 15.7. The monoisotopic (exact) mass is 344 g/mol. The third-order valence-electron chi connectivity index (χ3n) is 5.09. The summed E-state index contributed by atoms with van der Waals surface area (Å²) >= 11 is 0. The summed E-state index contributed by atoms with van der Waals surface area (Å²) in [5, 5.41) is 24.1. The standard InChI is InChI=1S/C19H24N2O4/c1-25-13-3-4-17-15(10-13)14(7-9-21-17)18(22)5-2-12-6-8-20-11-16(12)19(23)24/h3-4,7,9-10,12,16,18,20,22H,2,5-6,8,11H2,1H3,(H,23,24)/t12-,16+,18?/m1/s1. The van der Waals surface area contributed by atoms with Crippen molar-refractivity contribution in [2.45, 2.75) is 25.4 Å². The molecule has 1 aromatic heterocycles. The lowest BCUT2D eigenvalue weighted by Gasteiger charge is -2.30. The molecule has 0 saturated carbocycles. The molecular weight excluding hydrogens is 320 g/mol. The first-order valence-corrected chi connectivity index (χ1v) is 8.64. The Hall–Kier alpha value is -2.18. The molecule has 1 aromatic carbocycles. The molecule has 0 amide bonds. The number of fused-ring (bicyclic) bond motifs is 1. The van der Waals surface area contributed by atoms with E-state index in [-0.39, 0.29) is 11.8 Å². The van der Waals surface area contributed by atoms with Gasteiger partial charge in [0.1, 0.15) is 5.75 Å². The zero-order chi connectivity index (χ0) is 17.8. The zero-order valence-electron chi connectivity index (χ0n) is 14.3. The van der Waals surface area contributed by atoms with E-state index in [0.717, 1.165) is 35.2 Å². The SMILES string of the molecule is COc1ccc2nccc(C(O)CC[C@@H]3CCNC[C@@H]3C(=O)O)c2c1. The van der Waals surface area contributed by atoms with Gasteiger partial charge < -0.3 is 20.3 Å². The average Bonchev–Trinajstić information content (AvgIpc) is 2.65. The van der Waals surface area contributed by atoms with E-state index in [0.29, 0.717) is 19.4 Å². The zero-order valence-corrected chi connectivity index (χ0v) is 14.3. The molecular formula is C19H24N2O4. The number of methoxy groups -OCH3 is 1. The molecule has 134 valence electrons. The summed E-state index contributed by atoms with van der Waals surface area (Å²) in [6, 6.07) is 7.42. The molecule has 1 saturated heterocycles. The average molecular weight is 344 g/mol. The van der Waals surface area contributed by atoms with E-state index in [2.05, 4.69) is 10.3 Å². The molecule has 3 N–H and O–H groups in total. The van der Waals surface area contributed by atoms with Crippen LogP contribution < -0.4 is 10.1 Å². The largest absolute Gasteiger partial charge is 0.497 e. The third kappa shape index (κ3) is 3.91. The van der Waals surface area contributed by atoms with Gasteiger partial charge in [0, 0.05) is 18.1 Å². The lowest BCUT2D eigenvalue weighted by molar-refractivity contribution is -0.144. The maximum atomic E-state index is 11.4. The number of rotatable bonds is 6. The smallest absolute Gasteiger partial charge is 0.308 e. The number of nitrogens with zero attached hydrogens (tertiary/aromatic N) is 1. The molecule has 1 unspecified atom stereocenters. The van der Waals surface area contributed by atoms with Gasteiger partial charge in [-0.2, -0.15) is 0 Å². The number of piperidine rings is 1. The van der Waals surface area contributed by atoms with Crippen LogP contribution in [0.2, 0.25) is 0 Å². The van der Waals surface area contributed by atoms with Crippen molar-refractivity contribution >= 4 is 16.9 Å². The highest BCUT2D eigenvalue weighted by atomic mass is 16.5. The predicted molar refractivity (Wildman–Crippen MR) is 94.6 cm³/mol. The van der Waals surface area contributed by atoms with Crippen molar-refractivity contribution in [3.05, 3.63) is 36.0 Å². The maximum Gasteiger partial charge on any atom is 0.308 e. The molecule has 6 heteroatoms. The van der Waals surface area contributed by atoms with E-state index in [1.807, 2.05) is 24.3 Å². The molecule has 3 rings (SSSR count). The van der Waals surface area contributed by atoms with E-state index >= 15 is 0 Å². The number of benzene rings is 1. The topological polar surface area (TPSA) is 91.7 Å². The summed E-state index contributed by atoms with van der Waals surface area (Å²) in [6.45, 7) is 1.34. The fourth-order valence-electron chi connectivity index (χ4n) is 3.64. The fourth-order valence-corrected chi connectivity index (χ4v) is 3.64. The van der Waals surface area contributed by atoms with Gasteiger partial charge in [-0.05, 0) is 61.6 Å². The molecule has 2 aromatic rings. The van der Waals surface area contributed by atoms with Crippen LogP contribution in [0.1, 0.15) is 30.9 Å².